The highest BCUT2D eigenvalue weighted by Crippen LogP contribution is 2.45. The number of rotatable bonds is 5. The molecule has 0 spiro atoms. The van der Waals surface area contributed by atoms with Gasteiger partial charge in [-0.3, -0.25) is 0 Å². The summed E-state index contributed by atoms with van der Waals surface area (Å²) in [4.78, 5) is 5.01. The first-order valence-electron chi connectivity index (χ1n) is 10.9. The average molecular weight is 396 g/mol. The third kappa shape index (κ3) is 3.15. The molecular formula is C25H25N5. The fourth-order valence-corrected chi connectivity index (χ4v) is 5.29. The molecule has 2 bridgehead atoms. The molecule has 2 saturated carbocycles. The zero-order valence-corrected chi connectivity index (χ0v) is 16.9. The summed E-state index contributed by atoms with van der Waals surface area (Å²) in [6.45, 7) is 0.698. The van der Waals surface area contributed by atoms with Crippen molar-refractivity contribution in [3.63, 3.8) is 0 Å². The monoisotopic (exact) mass is 395 g/mol. The maximum absolute atomic E-state index is 5.01. The van der Waals surface area contributed by atoms with Crippen molar-refractivity contribution >= 4 is 16.9 Å². The molecule has 2 aliphatic rings. The minimum atomic E-state index is 0.504. The molecule has 6 rings (SSSR count). The van der Waals surface area contributed by atoms with Crippen LogP contribution < -0.4 is 5.32 Å². The number of aromatic nitrogens is 4. The molecule has 5 heteroatoms. The van der Waals surface area contributed by atoms with Gasteiger partial charge in [0.05, 0.1) is 17.8 Å². The van der Waals surface area contributed by atoms with Crippen molar-refractivity contribution in [3.05, 3.63) is 72.3 Å². The van der Waals surface area contributed by atoms with Crippen LogP contribution in [0.1, 0.15) is 31.2 Å². The van der Waals surface area contributed by atoms with Gasteiger partial charge in [-0.1, -0.05) is 72.3 Å². The van der Waals surface area contributed by atoms with E-state index < -0.39 is 0 Å². The minimum Gasteiger partial charge on any atom is -0.365 e. The number of benzene rings is 2. The first-order chi connectivity index (χ1) is 14.8. The summed E-state index contributed by atoms with van der Waals surface area (Å²) in [5, 5.41) is 12.8. The largest absolute Gasteiger partial charge is 0.365 e. The van der Waals surface area contributed by atoms with Crippen molar-refractivity contribution < 1.29 is 0 Å². The number of anilines is 1. The Morgan fingerprint density at radius 2 is 1.73 bits per heavy atom. The van der Waals surface area contributed by atoms with E-state index in [1.165, 1.54) is 31.2 Å². The van der Waals surface area contributed by atoms with E-state index in [4.69, 9.17) is 4.98 Å². The molecule has 0 radical (unpaired) electrons. The molecule has 2 aromatic carbocycles. The van der Waals surface area contributed by atoms with Gasteiger partial charge in [0.2, 0.25) is 0 Å². The molecule has 2 fully saturated rings. The molecule has 5 nitrogen and oxygen atoms in total. The van der Waals surface area contributed by atoms with Crippen molar-refractivity contribution in [2.75, 3.05) is 5.32 Å². The summed E-state index contributed by atoms with van der Waals surface area (Å²) in [6.07, 6.45) is 5.34. The second-order valence-corrected chi connectivity index (χ2v) is 8.75. The molecule has 150 valence electrons. The summed E-state index contributed by atoms with van der Waals surface area (Å²) >= 11 is 0. The van der Waals surface area contributed by atoms with Crippen LogP contribution in [-0.2, 0) is 6.54 Å². The van der Waals surface area contributed by atoms with Crippen LogP contribution in [0.15, 0.2) is 66.7 Å². The van der Waals surface area contributed by atoms with Crippen LogP contribution in [-0.4, -0.2) is 26.0 Å². The Labute approximate surface area is 176 Å². The van der Waals surface area contributed by atoms with Gasteiger partial charge in [0.15, 0.2) is 11.3 Å². The lowest BCUT2D eigenvalue weighted by Gasteiger charge is -2.23. The topological polar surface area (TPSA) is 55.6 Å². The first kappa shape index (κ1) is 17.6. The molecule has 0 aliphatic heterocycles. The van der Waals surface area contributed by atoms with Gasteiger partial charge < -0.3 is 5.32 Å². The quantitative estimate of drug-likeness (QED) is 0.508. The summed E-state index contributed by atoms with van der Waals surface area (Å²) in [5.74, 6) is 2.53. The van der Waals surface area contributed by atoms with Crippen molar-refractivity contribution in [2.24, 2.45) is 11.8 Å². The van der Waals surface area contributed by atoms with Crippen LogP contribution in [0.4, 0.5) is 5.82 Å². The van der Waals surface area contributed by atoms with Gasteiger partial charge in [-0.15, -0.1) is 5.10 Å². The second kappa shape index (κ2) is 7.24. The normalized spacial score (nSPS) is 22.6. The van der Waals surface area contributed by atoms with E-state index in [9.17, 15) is 0 Å². The predicted octanol–water partition coefficient (Wildman–Crippen LogP) is 5.14. The summed E-state index contributed by atoms with van der Waals surface area (Å²) in [7, 11) is 0. The highest BCUT2D eigenvalue weighted by molar-refractivity contribution is 5.89. The molecule has 30 heavy (non-hydrogen) atoms. The van der Waals surface area contributed by atoms with Gasteiger partial charge in [0, 0.05) is 11.6 Å². The highest BCUT2D eigenvalue weighted by Gasteiger charge is 2.39. The maximum Gasteiger partial charge on any atom is 0.157 e. The molecule has 1 unspecified atom stereocenters. The van der Waals surface area contributed by atoms with Crippen LogP contribution in [0, 0.1) is 11.8 Å². The van der Waals surface area contributed by atoms with Gasteiger partial charge in [-0.05, 0) is 42.7 Å². The molecular weight excluding hydrogens is 370 g/mol. The number of fused-ring (bicyclic) bond motifs is 3. The average Bonchev–Trinajstić information content (AvgIpc) is 3.52. The van der Waals surface area contributed by atoms with Crippen LogP contribution >= 0.6 is 0 Å². The summed E-state index contributed by atoms with van der Waals surface area (Å²) in [5.41, 5.74) is 5.19. The zero-order chi connectivity index (χ0) is 19.9. The van der Waals surface area contributed by atoms with Crippen molar-refractivity contribution in [1.82, 2.24) is 20.0 Å². The Morgan fingerprint density at radius 1 is 0.933 bits per heavy atom. The minimum absolute atomic E-state index is 0.504. The number of pyridine rings is 1. The molecule has 2 aliphatic carbocycles. The molecule has 4 aromatic rings. The van der Waals surface area contributed by atoms with E-state index in [1.807, 2.05) is 16.8 Å². The Morgan fingerprint density at radius 3 is 2.47 bits per heavy atom. The molecule has 0 saturated heterocycles. The van der Waals surface area contributed by atoms with E-state index in [1.54, 1.807) is 0 Å². The number of hydrogen-bond donors (Lipinski definition) is 1. The van der Waals surface area contributed by atoms with Crippen LogP contribution in [0.25, 0.3) is 22.3 Å². The van der Waals surface area contributed by atoms with E-state index in [2.05, 4.69) is 70.2 Å². The molecule has 1 N–H and O–H groups in total. The Bertz CT molecular complexity index is 1170. The SMILES string of the molecule is c1ccc(Cn2nnc3c(NC4C[C@H]5CC[C@@H]4C5)nc(-c4ccccc4)cc32)cc1. The third-order valence-electron chi connectivity index (χ3n) is 6.81. The van der Waals surface area contributed by atoms with Crippen LogP contribution in [0.5, 0.6) is 0 Å². The second-order valence-electron chi connectivity index (χ2n) is 8.75. The number of nitrogens with one attached hydrogen (secondary N) is 1. The van der Waals surface area contributed by atoms with E-state index in [0.29, 0.717) is 12.6 Å². The first-order valence-corrected chi connectivity index (χ1v) is 10.9. The maximum atomic E-state index is 5.01. The molecule has 0 amide bonds. The van der Waals surface area contributed by atoms with Gasteiger partial charge >= 0.3 is 0 Å². The Balaban J connectivity index is 1.43. The standard InChI is InChI=1S/C25H25N5/c1-3-7-17(8-4-1)16-30-23-15-22(19-9-5-2-6-10-19)27-25(24(23)28-29-30)26-21-14-18-11-12-20(21)13-18/h1-10,15,18,20-21H,11-14,16H2,(H,26,27)/t18-,20+,21?/m0/s1. The van der Waals surface area contributed by atoms with Crippen LogP contribution in [0.2, 0.25) is 0 Å². The molecule has 3 atom stereocenters. The fraction of sp³-hybridized carbons (Fsp3) is 0.320. The Hall–Kier alpha value is -3.21. The lowest BCUT2D eigenvalue weighted by molar-refractivity contribution is 0.439. The number of hydrogen-bond acceptors (Lipinski definition) is 4. The molecule has 2 aromatic heterocycles. The van der Waals surface area contributed by atoms with E-state index in [0.717, 1.165) is 39.9 Å². The molecule has 2 heterocycles. The Kier molecular flexibility index (Phi) is 4.25. The lowest BCUT2D eigenvalue weighted by Crippen LogP contribution is -2.26. The van der Waals surface area contributed by atoms with E-state index >= 15 is 0 Å². The van der Waals surface area contributed by atoms with Gasteiger partial charge in [-0.25, -0.2) is 9.67 Å². The number of nitrogens with zero attached hydrogens (tertiary/aromatic N) is 4. The predicted molar refractivity (Wildman–Crippen MR) is 119 cm³/mol. The lowest BCUT2D eigenvalue weighted by atomic mass is 9.95. The van der Waals surface area contributed by atoms with Crippen molar-refractivity contribution in [2.45, 2.75) is 38.3 Å². The van der Waals surface area contributed by atoms with Crippen molar-refractivity contribution in [3.8, 4) is 11.3 Å². The zero-order valence-electron chi connectivity index (χ0n) is 16.9. The van der Waals surface area contributed by atoms with Gasteiger partial charge in [0.25, 0.3) is 0 Å². The van der Waals surface area contributed by atoms with Gasteiger partial charge in [0.1, 0.15) is 0 Å². The fourth-order valence-electron chi connectivity index (χ4n) is 5.29. The van der Waals surface area contributed by atoms with Crippen LogP contribution in [0.3, 0.4) is 0 Å². The van der Waals surface area contributed by atoms with E-state index in [-0.39, 0.29) is 0 Å². The third-order valence-corrected chi connectivity index (χ3v) is 6.81. The van der Waals surface area contributed by atoms with Gasteiger partial charge in [-0.2, -0.15) is 0 Å². The van der Waals surface area contributed by atoms with Crippen molar-refractivity contribution in [1.29, 1.82) is 0 Å². The smallest absolute Gasteiger partial charge is 0.157 e. The summed E-state index contributed by atoms with van der Waals surface area (Å²) < 4.78 is 1.99. The summed E-state index contributed by atoms with van der Waals surface area (Å²) in [6, 6.07) is 23.4. The highest BCUT2D eigenvalue weighted by atomic mass is 15.4.